The molecular weight excluding hydrogens is 149 g/mol. The number of carbonyl (C=O) groups is 1. The average molecular weight is 155 g/mol. The molecule has 3 nitrogen and oxygen atoms in total. The van der Waals surface area contributed by atoms with E-state index < -0.39 is 11.4 Å². The number of rotatable bonds is 1. The molecule has 0 bridgehead atoms. The monoisotopic (exact) mass is 155 g/mol. The molecule has 0 fully saturated rings. The summed E-state index contributed by atoms with van der Waals surface area (Å²) in [6.45, 7) is 0. The Labute approximate surface area is 62.1 Å². The van der Waals surface area contributed by atoms with Crippen LogP contribution in [0.4, 0.5) is 4.39 Å². The van der Waals surface area contributed by atoms with Gasteiger partial charge < -0.3 is 4.57 Å². The van der Waals surface area contributed by atoms with E-state index in [1.165, 1.54) is 7.05 Å². The van der Waals surface area contributed by atoms with Crippen molar-refractivity contribution in [2.75, 3.05) is 0 Å². The molecule has 0 saturated carbocycles. The summed E-state index contributed by atoms with van der Waals surface area (Å²) in [7, 11) is 1.39. The molecule has 1 aromatic rings. The van der Waals surface area contributed by atoms with Gasteiger partial charge in [-0.2, -0.15) is 0 Å². The van der Waals surface area contributed by atoms with Gasteiger partial charge in [0.1, 0.15) is 5.82 Å². The van der Waals surface area contributed by atoms with Crippen LogP contribution in [0.3, 0.4) is 0 Å². The van der Waals surface area contributed by atoms with E-state index in [-0.39, 0.29) is 5.56 Å². The molecule has 0 unspecified atom stereocenters. The molecule has 1 heterocycles. The van der Waals surface area contributed by atoms with Crippen molar-refractivity contribution in [2.24, 2.45) is 7.05 Å². The Balaban J connectivity index is 3.48. The maximum absolute atomic E-state index is 12.5. The summed E-state index contributed by atoms with van der Waals surface area (Å²) in [6.07, 6.45) is 1.36. The first-order chi connectivity index (χ1) is 5.15. The molecule has 1 rings (SSSR count). The Kier molecular flexibility index (Phi) is 1.85. The van der Waals surface area contributed by atoms with Gasteiger partial charge in [-0.25, -0.2) is 4.39 Å². The number of aromatic nitrogens is 1. The van der Waals surface area contributed by atoms with Gasteiger partial charge in [-0.15, -0.1) is 0 Å². The highest BCUT2D eigenvalue weighted by Crippen LogP contribution is 1.93. The molecule has 11 heavy (non-hydrogen) atoms. The molecule has 0 spiro atoms. The molecule has 58 valence electrons. The third kappa shape index (κ3) is 1.34. The fourth-order valence-corrected chi connectivity index (χ4v) is 0.779. The van der Waals surface area contributed by atoms with Crippen molar-refractivity contribution in [2.45, 2.75) is 0 Å². The smallest absolute Gasteiger partial charge is 0.261 e. The molecule has 4 heteroatoms. The van der Waals surface area contributed by atoms with Crippen molar-refractivity contribution in [3.8, 4) is 0 Å². The summed E-state index contributed by atoms with van der Waals surface area (Å²) >= 11 is 0. The van der Waals surface area contributed by atoms with Crippen molar-refractivity contribution in [1.82, 2.24) is 4.57 Å². The summed E-state index contributed by atoms with van der Waals surface area (Å²) in [5.74, 6) is -0.589. The standard InChI is InChI=1S/C7H6FNO2/c1-9-3-6(8)2-5(4-10)7(9)11/h2-4H,1H3. The maximum Gasteiger partial charge on any atom is 0.261 e. The number of aryl methyl sites for hydroxylation is 1. The van der Waals surface area contributed by atoms with Gasteiger partial charge in [0, 0.05) is 13.2 Å². The lowest BCUT2D eigenvalue weighted by Gasteiger charge is -1.96. The average Bonchev–Trinajstić information content (AvgIpc) is 1.96. The van der Waals surface area contributed by atoms with Crippen molar-refractivity contribution >= 4 is 6.29 Å². The van der Waals surface area contributed by atoms with Gasteiger partial charge in [0.25, 0.3) is 5.56 Å². The molecule has 1 aromatic heterocycles. The van der Waals surface area contributed by atoms with E-state index >= 15 is 0 Å². The van der Waals surface area contributed by atoms with Crippen LogP contribution in [0.5, 0.6) is 0 Å². The molecule has 0 aliphatic heterocycles. The lowest BCUT2D eigenvalue weighted by atomic mass is 10.3. The van der Waals surface area contributed by atoms with E-state index in [1.54, 1.807) is 0 Å². The van der Waals surface area contributed by atoms with Crippen LogP contribution >= 0.6 is 0 Å². The fraction of sp³-hybridized carbons (Fsp3) is 0.143. The minimum atomic E-state index is -0.589. The number of aldehydes is 1. The molecule has 0 radical (unpaired) electrons. The number of halogens is 1. The van der Waals surface area contributed by atoms with Crippen LogP contribution in [-0.2, 0) is 7.05 Å². The van der Waals surface area contributed by atoms with Crippen LogP contribution in [0.1, 0.15) is 10.4 Å². The second kappa shape index (κ2) is 2.65. The van der Waals surface area contributed by atoms with E-state index in [2.05, 4.69) is 0 Å². The predicted octanol–water partition coefficient (Wildman–Crippen LogP) is 0.337. The Hall–Kier alpha value is -1.45. The highest BCUT2D eigenvalue weighted by Gasteiger charge is 2.01. The summed E-state index contributed by atoms with van der Waals surface area (Å²) < 4.78 is 13.5. The van der Waals surface area contributed by atoms with Crippen LogP contribution in [0.15, 0.2) is 17.1 Å². The summed E-state index contributed by atoms with van der Waals surface area (Å²) in [6, 6.07) is 0.912. The molecule has 0 amide bonds. The van der Waals surface area contributed by atoms with Crippen LogP contribution in [0.25, 0.3) is 0 Å². The highest BCUT2D eigenvalue weighted by atomic mass is 19.1. The molecule has 0 N–H and O–H groups in total. The third-order valence-corrected chi connectivity index (χ3v) is 1.30. The zero-order chi connectivity index (χ0) is 8.43. The highest BCUT2D eigenvalue weighted by molar-refractivity contribution is 5.73. The number of carbonyl (C=O) groups excluding carboxylic acids is 1. The second-order valence-corrected chi connectivity index (χ2v) is 2.15. The van der Waals surface area contributed by atoms with Gasteiger partial charge in [0.05, 0.1) is 5.56 Å². The van der Waals surface area contributed by atoms with E-state index in [0.717, 1.165) is 16.8 Å². The maximum atomic E-state index is 12.5. The Morgan fingerprint density at radius 1 is 1.64 bits per heavy atom. The zero-order valence-electron chi connectivity index (χ0n) is 5.87. The molecule has 0 atom stereocenters. The first-order valence-electron chi connectivity index (χ1n) is 2.96. The van der Waals surface area contributed by atoms with Crippen LogP contribution < -0.4 is 5.56 Å². The van der Waals surface area contributed by atoms with E-state index in [4.69, 9.17) is 0 Å². The fourth-order valence-electron chi connectivity index (χ4n) is 0.779. The molecule has 0 saturated heterocycles. The molecule has 0 aromatic carbocycles. The van der Waals surface area contributed by atoms with Crippen LogP contribution in [0, 0.1) is 5.82 Å². The lowest BCUT2D eigenvalue weighted by Crippen LogP contribution is -2.20. The number of pyridine rings is 1. The Morgan fingerprint density at radius 3 is 2.82 bits per heavy atom. The molecule has 0 aliphatic rings. The van der Waals surface area contributed by atoms with Crippen molar-refractivity contribution in [3.05, 3.63) is 34.0 Å². The van der Waals surface area contributed by atoms with Crippen LogP contribution in [0.2, 0.25) is 0 Å². The SMILES string of the molecule is Cn1cc(F)cc(C=O)c1=O. The van der Waals surface area contributed by atoms with Gasteiger partial charge >= 0.3 is 0 Å². The third-order valence-electron chi connectivity index (χ3n) is 1.30. The normalized spacial score (nSPS) is 9.64. The topological polar surface area (TPSA) is 39.1 Å². The predicted molar refractivity (Wildman–Crippen MR) is 37.0 cm³/mol. The van der Waals surface area contributed by atoms with Crippen LogP contribution in [-0.4, -0.2) is 10.9 Å². The quantitative estimate of drug-likeness (QED) is 0.548. The van der Waals surface area contributed by atoms with E-state index in [0.29, 0.717) is 6.29 Å². The first kappa shape index (κ1) is 7.65. The zero-order valence-corrected chi connectivity index (χ0v) is 5.87. The summed E-state index contributed by atoms with van der Waals surface area (Å²) in [5.41, 5.74) is -0.645. The molecular formula is C7H6FNO2. The number of hydrogen-bond acceptors (Lipinski definition) is 2. The van der Waals surface area contributed by atoms with Crippen molar-refractivity contribution in [1.29, 1.82) is 0 Å². The van der Waals surface area contributed by atoms with Crippen molar-refractivity contribution < 1.29 is 9.18 Å². The minimum absolute atomic E-state index is 0.160. The molecule has 0 aliphatic carbocycles. The number of hydrogen-bond donors (Lipinski definition) is 0. The van der Waals surface area contributed by atoms with Crippen molar-refractivity contribution in [3.63, 3.8) is 0 Å². The summed E-state index contributed by atoms with van der Waals surface area (Å²) in [5, 5.41) is 0. The summed E-state index contributed by atoms with van der Waals surface area (Å²) in [4.78, 5) is 21.1. The Bertz CT molecular complexity index is 343. The first-order valence-corrected chi connectivity index (χ1v) is 2.96. The van der Waals surface area contributed by atoms with Gasteiger partial charge in [0.2, 0.25) is 0 Å². The largest absolute Gasteiger partial charge is 0.315 e. The Morgan fingerprint density at radius 2 is 2.27 bits per heavy atom. The minimum Gasteiger partial charge on any atom is -0.315 e. The second-order valence-electron chi connectivity index (χ2n) is 2.15. The van der Waals surface area contributed by atoms with E-state index in [1.807, 2.05) is 0 Å². The van der Waals surface area contributed by atoms with Gasteiger partial charge in [-0.05, 0) is 6.07 Å². The van der Waals surface area contributed by atoms with Gasteiger partial charge in [-0.3, -0.25) is 9.59 Å². The van der Waals surface area contributed by atoms with Gasteiger partial charge in [0.15, 0.2) is 6.29 Å². The number of nitrogens with zero attached hydrogens (tertiary/aromatic N) is 1. The lowest BCUT2D eigenvalue weighted by molar-refractivity contribution is 0.112. The van der Waals surface area contributed by atoms with Gasteiger partial charge in [-0.1, -0.05) is 0 Å². The van der Waals surface area contributed by atoms with E-state index in [9.17, 15) is 14.0 Å².